The molecule has 0 spiro atoms. The van der Waals surface area contributed by atoms with Crippen molar-refractivity contribution in [1.29, 1.82) is 0 Å². The minimum absolute atomic E-state index is 0.426. The zero-order chi connectivity index (χ0) is 10.3. The first kappa shape index (κ1) is 9.13. The Labute approximate surface area is 93.0 Å². The molecule has 1 unspecified atom stereocenters. The van der Waals surface area contributed by atoms with E-state index in [4.69, 9.17) is 0 Å². The highest BCUT2D eigenvalue weighted by Crippen LogP contribution is 2.34. The minimum Gasteiger partial charge on any atom is -0.384 e. The molecule has 2 aromatic rings. The zero-order valence-corrected chi connectivity index (χ0v) is 9.13. The van der Waals surface area contributed by atoms with Crippen molar-refractivity contribution >= 4 is 11.3 Å². The minimum atomic E-state index is -0.426. The Morgan fingerprint density at radius 3 is 2.87 bits per heavy atom. The van der Waals surface area contributed by atoms with Crippen molar-refractivity contribution in [3.05, 3.63) is 57.3 Å². The molecule has 0 radical (unpaired) electrons. The monoisotopic (exact) mass is 216 g/mol. The summed E-state index contributed by atoms with van der Waals surface area (Å²) in [5.41, 5.74) is 3.47. The SMILES string of the molecule is OC1c2ccccc2CCc2sccc21. The Hall–Kier alpha value is -1.12. The maximum Gasteiger partial charge on any atom is 0.105 e. The van der Waals surface area contributed by atoms with Crippen LogP contribution in [0.3, 0.4) is 0 Å². The van der Waals surface area contributed by atoms with Gasteiger partial charge in [0.05, 0.1) is 0 Å². The Bertz CT molecular complexity index is 487. The van der Waals surface area contributed by atoms with E-state index in [1.807, 2.05) is 24.3 Å². The fourth-order valence-electron chi connectivity index (χ4n) is 2.24. The fourth-order valence-corrected chi connectivity index (χ4v) is 3.16. The van der Waals surface area contributed by atoms with E-state index in [0.717, 1.165) is 24.0 Å². The molecule has 1 nitrogen and oxygen atoms in total. The van der Waals surface area contributed by atoms with Gasteiger partial charge in [-0.25, -0.2) is 0 Å². The lowest BCUT2D eigenvalue weighted by atomic mass is 9.99. The lowest BCUT2D eigenvalue weighted by Crippen LogP contribution is -2.00. The predicted octanol–water partition coefficient (Wildman–Crippen LogP) is 2.93. The van der Waals surface area contributed by atoms with E-state index in [1.54, 1.807) is 11.3 Å². The molecular weight excluding hydrogens is 204 g/mol. The van der Waals surface area contributed by atoms with Gasteiger partial charge in [0.25, 0.3) is 0 Å². The summed E-state index contributed by atoms with van der Waals surface area (Å²) in [5, 5.41) is 12.4. The van der Waals surface area contributed by atoms with Crippen LogP contribution in [0.5, 0.6) is 0 Å². The molecule has 15 heavy (non-hydrogen) atoms. The molecule has 0 bridgehead atoms. The number of hydrogen-bond acceptors (Lipinski definition) is 2. The highest BCUT2D eigenvalue weighted by atomic mass is 32.1. The van der Waals surface area contributed by atoms with Gasteiger partial charge in [-0.2, -0.15) is 0 Å². The third-order valence-corrected chi connectivity index (χ3v) is 4.04. The fraction of sp³-hybridized carbons (Fsp3) is 0.231. The molecule has 3 rings (SSSR count). The second-order valence-corrected chi connectivity index (χ2v) is 4.90. The number of rotatable bonds is 0. The Balaban J connectivity index is 2.18. The van der Waals surface area contributed by atoms with Gasteiger partial charge < -0.3 is 5.11 Å². The van der Waals surface area contributed by atoms with Crippen LogP contribution in [0.15, 0.2) is 35.7 Å². The summed E-state index contributed by atoms with van der Waals surface area (Å²) >= 11 is 1.75. The van der Waals surface area contributed by atoms with Crippen molar-refractivity contribution in [3.63, 3.8) is 0 Å². The van der Waals surface area contributed by atoms with Crippen molar-refractivity contribution in [2.45, 2.75) is 18.9 Å². The topological polar surface area (TPSA) is 20.2 Å². The molecule has 0 saturated carbocycles. The summed E-state index contributed by atoms with van der Waals surface area (Å²) in [6.45, 7) is 0. The molecule has 0 amide bonds. The molecule has 1 aromatic heterocycles. The number of aryl methyl sites for hydroxylation is 2. The van der Waals surface area contributed by atoms with Gasteiger partial charge in [0.2, 0.25) is 0 Å². The van der Waals surface area contributed by atoms with Gasteiger partial charge in [0, 0.05) is 4.88 Å². The molecule has 76 valence electrons. The predicted molar refractivity (Wildman–Crippen MR) is 62.2 cm³/mol. The van der Waals surface area contributed by atoms with Gasteiger partial charge in [-0.05, 0) is 41.0 Å². The Morgan fingerprint density at radius 1 is 1.07 bits per heavy atom. The Kier molecular flexibility index (Phi) is 2.11. The van der Waals surface area contributed by atoms with Crippen molar-refractivity contribution in [1.82, 2.24) is 0 Å². The molecule has 1 N–H and O–H groups in total. The van der Waals surface area contributed by atoms with E-state index in [0.29, 0.717) is 0 Å². The van der Waals surface area contributed by atoms with Crippen LogP contribution >= 0.6 is 11.3 Å². The molecule has 0 fully saturated rings. The molecule has 1 aliphatic carbocycles. The van der Waals surface area contributed by atoms with Gasteiger partial charge in [0.1, 0.15) is 6.10 Å². The molecule has 1 heterocycles. The van der Waals surface area contributed by atoms with Gasteiger partial charge in [-0.15, -0.1) is 11.3 Å². The van der Waals surface area contributed by atoms with Crippen LogP contribution < -0.4 is 0 Å². The first-order valence-electron chi connectivity index (χ1n) is 5.18. The second kappa shape index (κ2) is 3.47. The van der Waals surface area contributed by atoms with E-state index in [1.165, 1.54) is 10.4 Å². The maximum absolute atomic E-state index is 10.3. The summed E-state index contributed by atoms with van der Waals surface area (Å²) in [6, 6.07) is 10.2. The van der Waals surface area contributed by atoms with E-state index >= 15 is 0 Å². The molecule has 0 saturated heterocycles. The number of hydrogen-bond donors (Lipinski definition) is 1. The number of thiophene rings is 1. The van der Waals surface area contributed by atoms with Crippen molar-refractivity contribution in [3.8, 4) is 0 Å². The van der Waals surface area contributed by atoms with Crippen LogP contribution in [-0.4, -0.2) is 5.11 Å². The standard InChI is InChI=1S/C13H12OS/c14-13-10-4-2-1-3-9(10)5-6-12-11(13)7-8-15-12/h1-4,7-8,13-14H,5-6H2. The number of fused-ring (bicyclic) bond motifs is 2. The van der Waals surface area contributed by atoms with Gasteiger partial charge in [-0.3, -0.25) is 0 Å². The summed E-state index contributed by atoms with van der Waals surface area (Å²) in [7, 11) is 0. The van der Waals surface area contributed by atoms with E-state index in [-0.39, 0.29) is 0 Å². The third-order valence-electron chi connectivity index (χ3n) is 3.05. The molecule has 0 aliphatic heterocycles. The van der Waals surface area contributed by atoms with Crippen LogP contribution in [0.4, 0.5) is 0 Å². The van der Waals surface area contributed by atoms with Crippen molar-refractivity contribution < 1.29 is 5.11 Å². The molecule has 1 aromatic carbocycles. The summed E-state index contributed by atoms with van der Waals surface area (Å²) in [4.78, 5) is 1.33. The van der Waals surface area contributed by atoms with Gasteiger partial charge >= 0.3 is 0 Å². The highest BCUT2D eigenvalue weighted by molar-refractivity contribution is 7.10. The van der Waals surface area contributed by atoms with Crippen LogP contribution in [0.25, 0.3) is 0 Å². The van der Waals surface area contributed by atoms with Gasteiger partial charge in [0.15, 0.2) is 0 Å². The van der Waals surface area contributed by atoms with Crippen molar-refractivity contribution in [2.24, 2.45) is 0 Å². The van der Waals surface area contributed by atoms with Crippen molar-refractivity contribution in [2.75, 3.05) is 0 Å². The van der Waals surface area contributed by atoms with Gasteiger partial charge in [-0.1, -0.05) is 24.3 Å². The van der Waals surface area contributed by atoms with Crippen LogP contribution in [0, 0.1) is 0 Å². The normalized spacial score (nSPS) is 19.1. The lowest BCUT2D eigenvalue weighted by Gasteiger charge is -2.11. The summed E-state index contributed by atoms with van der Waals surface area (Å²) in [5.74, 6) is 0. The molecular formula is C13H12OS. The lowest BCUT2D eigenvalue weighted by molar-refractivity contribution is 0.220. The summed E-state index contributed by atoms with van der Waals surface area (Å²) in [6.07, 6.45) is 1.67. The van der Waals surface area contributed by atoms with E-state index < -0.39 is 6.10 Å². The number of aliphatic hydroxyl groups excluding tert-OH is 1. The van der Waals surface area contributed by atoms with E-state index in [2.05, 4.69) is 11.4 Å². The molecule has 1 aliphatic rings. The largest absolute Gasteiger partial charge is 0.384 e. The third kappa shape index (κ3) is 1.41. The second-order valence-electron chi connectivity index (χ2n) is 3.90. The maximum atomic E-state index is 10.3. The smallest absolute Gasteiger partial charge is 0.105 e. The number of benzene rings is 1. The first-order chi connectivity index (χ1) is 7.36. The molecule has 1 atom stereocenters. The van der Waals surface area contributed by atoms with Crippen LogP contribution in [0.2, 0.25) is 0 Å². The van der Waals surface area contributed by atoms with Crippen LogP contribution in [0.1, 0.15) is 27.7 Å². The highest BCUT2D eigenvalue weighted by Gasteiger charge is 2.21. The van der Waals surface area contributed by atoms with Crippen LogP contribution in [-0.2, 0) is 12.8 Å². The average Bonchev–Trinajstić information content (AvgIpc) is 2.69. The van der Waals surface area contributed by atoms with E-state index in [9.17, 15) is 5.11 Å². The first-order valence-corrected chi connectivity index (χ1v) is 6.06. The Morgan fingerprint density at radius 2 is 1.93 bits per heavy atom. The summed E-state index contributed by atoms with van der Waals surface area (Å²) < 4.78 is 0. The molecule has 2 heteroatoms. The average molecular weight is 216 g/mol. The number of aliphatic hydroxyl groups is 1. The zero-order valence-electron chi connectivity index (χ0n) is 8.31. The quantitative estimate of drug-likeness (QED) is 0.718.